The summed E-state index contributed by atoms with van der Waals surface area (Å²) in [5, 5.41) is 0. The Kier molecular flexibility index (Phi) is 4.31. The molecule has 0 atom stereocenters. The topological polar surface area (TPSA) is 56.4 Å². The van der Waals surface area contributed by atoms with Crippen LogP contribution in [0.4, 0.5) is 5.69 Å². The van der Waals surface area contributed by atoms with E-state index in [1.165, 1.54) is 11.3 Å². The number of ketones is 1. The number of carbonyl (C=O) groups excluding carboxylic acids is 2. The SMILES string of the molecule is Cc1cccc(N2CCN(C(=O)c3[nH]c4c(c3C)C(=O)CCC4)CC2)c1. The average Bonchev–Trinajstić information content (AvgIpc) is 2.99. The fourth-order valence-corrected chi connectivity index (χ4v) is 4.14. The third-order valence-electron chi connectivity index (χ3n) is 5.58. The van der Waals surface area contributed by atoms with Gasteiger partial charge in [-0.25, -0.2) is 0 Å². The van der Waals surface area contributed by atoms with Crippen molar-refractivity contribution in [3.05, 3.63) is 52.3 Å². The van der Waals surface area contributed by atoms with Crippen LogP contribution in [-0.2, 0) is 6.42 Å². The highest BCUT2D eigenvalue weighted by atomic mass is 16.2. The summed E-state index contributed by atoms with van der Waals surface area (Å²) in [5.74, 6) is 0.192. The number of hydrogen-bond acceptors (Lipinski definition) is 3. The number of carbonyl (C=O) groups is 2. The molecule has 1 saturated heterocycles. The van der Waals surface area contributed by atoms with Gasteiger partial charge in [-0.3, -0.25) is 9.59 Å². The molecule has 5 nitrogen and oxygen atoms in total. The van der Waals surface area contributed by atoms with E-state index in [2.05, 4.69) is 41.1 Å². The van der Waals surface area contributed by atoms with Gasteiger partial charge in [0.15, 0.2) is 5.78 Å². The van der Waals surface area contributed by atoms with Crippen LogP contribution in [0.25, 0.3) is 0 Å². The Morgan fingerprint density at radius 1 is 1.08 bits per heavy atom. The van der Waals surface area contributed by atoms with E-state index in [1.807, 2.05) is 11.8 Å². The Balaban J connectivity index is 1.48. The molecule has 4 rings (SSSR count). The molecule has 1 aliphatic carbocycles. The average molecular weight is 351 g/mol. The number of amides is 1. The number of nitrogens with one attached hydrogen (secondary N) is 1. The summed E-state index contributed by atoms with van der Waals surface area (Å²) in [4.78, 5) is 32.7. The summed E-state index contributed by atoms with van der Waals surface area (Å²) in [6.45, 7) is 7.05. The third kappa shape index (κ3) is 2.91. The van der Waals surface area contributed by atoms with Gasteiger partial charge in [-0.1, -0.05) is 12.1 Å². The summed E-state index contributed by atoms with van der Waals surface area (Å²) in [6.07, 6.45) is 2.32. The number of nitrogens with zero attached hydrogens (tertiary/aromatic N) is 2. The van der Waals surface area contributed by atoms with Gasteiger partial charge in [-0.15, -0.1) is 0 Å². The number of aromatic nitrogens is 1. The molecule has 0 saturated carbocycles. The lowest BCUT2D eigenvalue weighted by atomic mass is 9.93. The fraction of sp³-hybridized carbons (Fsp3) is 0.429. The van der Waals surface area contributed by atoms with Crippen molar-refractivity contribution in [2.75, 3.05) is 31.1 Å². The zero-order chi connectivity index (χ0) is 18.3. The van der Waals surface area contributed by atoms with Crippen molar-refractivity contribution < 1.29 is 9.59 Å². The van der Waals surface area contributed by atoms with E-state index in [-0.39, 0.29) is 11.7 Å². The zero-order valence-electron chi connectivity index (χ0n) is 15.5. The monoisotopic (exact) mass is 351 g/mol. The van der Waals surface area contributed by atoms with Gasteiger partial charge in [0.1, 0.15) is 5.69 Å². The van der Waals surface area contributed by atoms with E-state index < -0.39 is 0 Å². The molecule has 0 unspecified atom stereocenters. The smallest absolute Gasteiger partial charge is 0.270 e. The van der Waals surface area contributed by atoms with Crippen LogP contribution in [0.3, 0.4) is 0 Å². The summed E-state index contributed by atoms with van der Waals surface area (Å²) in [7, 11) is 0. The first kappa shape index (κ1) is 16.9. The van der Waals surface area contributed by atoms with E-state index in [1.54, 1.807) is 0 Å². The van der Waals surface area contributed by atoms with Crippen LogP contribution in [0.2, 0.25) is 0 Å². The zero-order valence-corrected chi connectivity index (χ0v) is 15.5. The van der Waals surface area contributed by atoms with Crippen LogP contribution >= 0.6 is 0 Å². The first-order valence-electron chi connectivity index (χ1n) is 9.40. The lowest BCUT2D eigenvalue weighted by molar-refractivity contribution is 0.0740. The number of hydrogen-bond donors (Lipinski definition) is 1. The van der Waals surface area contributed by atoms with Crippen molar-refractivity contribution in [2.45, 2.75) is 33.1 Å². The molecule has 1 fully saturated rings. The first-order chi connectivity index (χ1) is 12.5. The summed E-state index contributed by atoms with van der Waals surface area (Å²) in [5.41, 5.74) is 5.61. The van der Waals surface area contributed by atoms with Crippen molar-refractivity contribution >= 4 is 17.4 Å². The predicted molar refractivity (Wildman–Crippen MR) is 102 cm³/mol. The van der Waals surface area contributed by atoms with Crippen molar-refractivity contribution in [1.29, 1.82) is 0 Å². The fourth-order valence-electron chi connectivity index (χ4n) is 4.14. The van der Waals surface area contributed by atoms with Gasteiger partial charge in [0, 0.05) is 49.5 Å². The molecule has 2 aliphatic rings. The Morgan fingerprint density at radius 2 is 1.85 bits per heavy atom. The van der Waals surface area contributed by atoms with Crippen LogP contribution in [0.15, 0.2) is 24.3 Å². The van der Waals surface area contributed by atoms with E-state index in [4.69, 9.17) is 0 Å². The molecule has 1 aromatic heterocycles. The molecule has 1 aliphatic heterocycles. The van der Waals surface area contributed by atoms with E-state index >= 15 is 0 Å². The van der Waals surface area contributed by atoms with Crippen molar-refractivity contribution in [1.82, 2.24) is 9.88 Å². The number of fused-ring (bicyclic) bond motifs is 1. The molecule has 1 aromatic carbocycles. The van der Waals surface area contributed by atoms with Gasteiger partial charge in [0.25, 0.3) is 5.91 Å². The highest BCUT2D eigenvalue weighted by Crippen LogP contribution is 2.27. The number of aromatic amines is 1. The Hall–Kier alpha value is -2.56. The largest absolute Gasteiger partial charge is 0.368 e. The van der Waals surface area contributed by atoms with Crippen molar-refractivity contribution in [3.63, 3.8) is 0 Å². The quantitative estimate of drug-likeness (QED) is 0.904. The second-order valence-corrected chi connectivity index (χ2v) is 7.37. The van der Waals surface area contributed by atoms with Crippen LogP contribution < -0.4 is 4.90 Å². The number of H-pyrrole nitrogens is 1. The Labute approximate surface area is 154 Å². The highest BCUT2D eigenvalue weighted by Gasteiger charge is 2.29. The second-order valence-electron chi connectivity index (χ2n) is 7.37. The van der Waals surface area contributed by atoms with Crippen LogP contribution in [0.1, 0.15) is 50.5 Å². The molecule has 0 spiro atoms. The molecule has 2 heterocycles. The molecular formula is C21H25N3O2. The van der Waals surface area contributed by atoms with Gasteiger partial charge in [-0.05, 0) is 49.9 Å². The van der Waals surface area contributed by atoms with Gasteiger partial charge in [0.2, 0.25) is 0 Å². The molecule has 0 bridgehead atoms. The summed E-state index contributed by atoms with van der Waals surface area (Å²) < 4.78 is 0. The van der Waals surface area contributed by atoms with E-state index in [9.17, 15) is 9.59 Å². The van der Waals surface area contributed by atoms with Gasteiger partial charge in [-0.2, -0.15) is 0 Å². The van der Waals surface area contributed by atoms with Gasteiger partial charge in [0.05, 0.1) is 0 Å². The van der Waals surface area contributed by atoms with Crippen molar-refractivity contribution in [3.8, 4) is 0 Å². The maximum Gasteiger partial charge on any atom is 0.270 e. The van der Waals surface area contributed by atoms with Crippen molar-refractivity contribution in [2.24, 2.45) is 0 Å². The number of rotatable bonds is 2. The maximum absolute atomic E-state index is 13.0. The van der Waals surface area contributed by atoms with Gasteiger partial charge >= 0.3 is 0 Å². The van der Waals surface area contributed by atoms with E-state index in [0.717, 1.165) is 42.8 Å². The minimum atomic E-state index is 0.0218. The Bertz CT molecular complexity index is 860. The number of piperazine rings is 1. The molecule has 1 amide bonds. The maximum atomic E-state index is 13.0. The molecule has 2 aromatic rings. The standard InChI is InChI=1S/C21H25N3O2/c1-14-5-3-6-16(13-14)23-9-11-24(12-10-23)21(26)20-15(2)19-17(22-20)7-4-8-18(19)25/h3,5-6,13,22H,4,7-12H2,1-2H3. The normalized spacial score (nSPS) is 17.4. The lowest BCUT2D eigenvalue weighted by Gasteiger charge is -2.36. The second kappa shape index (κ2) is 6.63. The number of Topliss-reactive ketones (excluding diaryl/α,β-unsaturated/α-hetero) is 1. The number of anilines is 1. The summed E-state index contributed by atoms with van der Waals surface area (Å²) >= 11 is 0. The lowest BCUT2D eigenvalue weighted by Crippen LogP contribution is -2.49. The van der Waals surface area contributed by atoms with Crippen LogP contribution in [0.5, 0.6) is 0 Å². The summed E-state index contributed by atoms with van der Waals surface area (Å²) in [6, 6.07) is 8.48. The molecule has 136 valence electrons. The minimum Gasteiger partial charge on any atom is -0.368 e. The Morgan fingerprint density at radius 3 is 2.54 bits per heavy atom. The molecule has 26 heavy (non-hydrogen) atoms. The molecule has 1 N–H and O–H groups in total. The third-order valence-corrected chi connectivity index (χ3v) is 5.58. The first-order valence-corrected chi connectivity index (χ1v) is 9.40. The number of benzene rings is 1. The van der Waals surface area contributed by atoms with Crippen LogP contribution in [0, 0.1) is 13.8 Å². The predicted octanol–water partition coefficient (Wildman–Crippen LogP) is 3.11. The minimum absolute atomic E-state index is 0.0218. The van der Waals surface area contributed by atoms with E-state index in [0.29, 0.717) is 25.2 Å². The molecule has 5 heteroatoms. The van der Waals surface area contributed by atoms with Crippen LogP contribution in [-0.4, -0.2) is 47.8 Å². The van der Waals surface area contributed by atoms with Gasteiger partial charge < -0.3 is 14.8 Å². The highest BCUT2D eigenvalue weighted by molar-refractivity contribution is 6.04. The molecule has 0 radical (unpaired) electrons. The number of aryl methyl sites for hydroxylation is 2. The molecular weight excluding hydrogens is 326 g/mol.